The quantitative estimate of drug-likeness (QED) is 0.743. The topological polar surface area (TPSA) is 34.9 Å². The SMILES string of the molecule is CC(C)CCn1cc(C=O)c(C2CCCCC2)n1. The second-order valence-electron chi connectivity index (χ2n) is 5.87. The van der Waals surface area contributed by atoms with Gasteiger partial charge in [0.15, 0.2) is 6.29 Å². The second kappa shape index (κ2) is 6.17. The van der Waals surface area contributed by atoms with Crippen LogP contribution in [0.3, 0.4) is 0 Å². The van der Waals surface area contributed by atoms with Gasteiger partial charge in [-0.25, -0.2) is 0 Å². The highest BCUT2D eigenvalue weighted by Gasteiger charge is 2.21. The maximum atomic E-state index is 11.2. The molecule has 0 aromatic carbocycles. The highest BCUT2D eigenvalue weighted by molar-refractivity contribution is 5.76. The molecule has 0 amide bonds. The summed E-state index contributed by atoms with van der Waals surface area (Å²) in [5, 5.41) is 4.66. The molecule has 0 atom stereocenters. The van der Waals surface area contributed by atoms with Crippen LogP contribution in [-0.2, 0) is 6.54 Å². The highest BCUT2D eigenvalue weighted by atomic mass is 16.1. The van der Waals surface area contributed by atoms with Crippen LogP contribution >= 0.6 is 0 Å². The van der Waals surface area contributed by atoms with Crippen LogP contribution in [0, 0.1) is 5.92 Å². The van der Waals surface area contributed by atoms with Gasteiger partial charge in [0.25, 0.3) is 0 Å². The Morgan fingerprint density at radius 2 is 2.11 bits per heavy atom. The minimum atomic E-state index is 0.513. The molecule has 0 bridgehead atoms. The lowest BCUT2D eigenvalue weighted by molar-refractivity contribution is 0.112. The number of aldehydes is 1. The number of aryl methyl sites for hydroxylation is 1. The van der Waals surface area contributed by atoms with Crippen LogP contribution in [0.25, 0.3) is 0 Å². The number of hydrogen-bond acceptors (Lipinski definition) is 2. The van der Waals surface area contributed by atoms with Crippen molar-refractivity contribution in [1.82, 2.24) is 9.78 Å². The van der Waals surface area contributed by atoms with E-state index in [0.29, 0.717) is 11.8 Å². The van der Waals surface area contributed by atoms with Crippen LogP contribution in [0.5, 0.6) is 0 Å². The number of rotatable bonds is 5. The van der Waals surface area contributed by atoms with Gasteiger partial charge >= 0.3 is 0 Å². The highest BCUT2D eigenvalue weighted by Crippen LogP contribution is 2.33. The molecule has 0 aliphatic heterocycles. The van der Waals surface area contributed by atoms with Gasteiger partial charge in [0, 0.05) is 18.7 Å². The molecule has 0 unspecified atom stereocenters. The number of aromatic nitrogens is 2. The van der Waals surface area contributed by atoms with Gasteiger partial charge in [-0.2, -0.15) is 5.10 Å². The minimum Gasteiger partial charge on any atom is -0.298 e. The van der Waals surface area contributed by atoms with Crippen molar-refractivity contribution in [3.8, 4) is 0 Å². The molecule has 0 radical (unpaired) electrons. The molecular formula is C15H24N2O. The smallest absolute Gasteiger partial charge is 0.153 e. The standard InChI is InChI=1S/C15H24N2O/c1-12(2)8-9-17-10-14(11-18)15(16-17)13-6-4-3-5-7-13/h10-13H,3-9H2,1-2H3. The molecule has 1 aliphatic rings. The molecule has 2 rings (SSSR count). The maximum absolute atomic E-state index is 11.2. The first kappa shape index (κ1) is 13.3. The van der Waals surface area contributed by atoms with Gasteiger partial charge in [0.05, 0.1) is 11.3 Å². The van der Waals surface area contributed by atoms with Gasteiger partial charge < -0.3 is 0 Å². The summed E-state index contributed by atoms with van der Waals surface area (Å²) in [5.74, 6) is 1.19. The van der Waals surface area contributed by atoms with E-state index in [1.54, 1.807) is 0 Å². The monoisotopic (exact) mass is 248 g/mol. The van der Waals surface area contributed by atoms with E-state index in [0.717, 1.165) is 30.5 Å². The van der Waals surface area contributed by atoms with Crippen LogP contribution in [0.4, 0.5) is 0 Å². The summed E-state index contributed by atoms with van der Waals surface area (Å²) in [7, 11) is 0. The summed E-state index contributed by atoms with van der Waals surface area (Å²) in [6.07, 6.45) is 10.3. The Morgan fingerprint density at radius 3 is 2.72 bits per heavy atom. The van der Waals surface area contributed by atoms with Crippen molar-refractivity contribution in [3.63, 3.8) is 0 Å². The number of nitrogens with zero attached hydrogens (tertiary/aromatic N) is 2. The lowest BCUT2D eigenvalue weighted by atomic mass is 9.86. The lowest BCUT2D eigenvalue weighted by Crippen LogP contribution is -2.08. The number of hydrogen-bond donors (Lipinski definition) is 0. The van der Waals surface area contributed by atoms with Gasteiger partial charge in [-0.15, -0.1) is 0 Å². The van der Waals surface area contributed by atoms with Gasteiger partial charge in [-0.05, 0) is 25.2 Å². The third-order valence-corrected chi connectivity index (χ3v) is 3.87. The molecule has 1 saturated carbocycles. The summed E-state index contributed by atoms with van der Waals surface area (Å²) in [6, 6.07) is 0. The summed E-state index contributed by atoms with van der Waals surface area (Å²) in [6.45, 7) is 5.35. The average Bonchev–Trinajstić information content (AvgIpc) is 2.80. The van der Waals surface area contributed by atoms with Crippen LogP contribution in [0.15, 0.2) is 6.20 Å². The van der Waals surface area contributed by atoms with E-state index < -0.39 is 0 Å². The van der Waals surface area contributed by atoms with Crippen molar-refractivity contribution in [2.45, 2.75) is 64.8 Å². The molecule has 1 aromatic rings. The Kier molecular flexibility index (Phi) is 4.56. The van der Waals surface area contributed by atoms with Crippen molar-refractivity contribution in [3.05, 3.63) is 17.5 Å². The molecule has 1 fully saturated rings. The second-order valence-corrected chi connectivity index (χ2v) is 5.87. The zero-order valence-corrected chi connectivity index (χ0v) is 11.6. The van der Waals surface area contributed by atoms with E-state index in [4.69, 9.17) is 0 Å². The Bertz CT molecular complexity index is 389. The maximum Gasteiger partial charge on any atom is 0.153 e. The third-order valence-electron chi connectivity index (χ3n) is 3.87. The van der Waals surface area contributed by atoms with Crippen molar-refractivity contribution in [1.29, 1.82) is 0 Å². The fraction of sp³-hybridized carbons (Fsp3) is 0.733. The summed E-state index contributed by atoms with van der Waals surface area (Å²) in [5.41, 5.74) is 1.86. The van der Waals surface area contributed by atoms with Gasteiger partial charge in [-0.1, -0.05) is 33.1 Å². The van der Waals surface area contributed by atoms with Crippen LogP contribution in [-0.4, -0.2) is 16.1 Å². The van der Waals surface area contributed by atoms with Gasteiger partial charge in [-0.3, -0.25) is 9.48 Å². The largest absolute Gasteiger partial charge is 0.298 e. The van der Waals surface area contributed by atoms with Crippen molar-refractivity contribution in [2.75, 3.05) is 0 Å². The van der Waals surface area contributed by atoms with Crippen LogP contribution < -0.4 is 0 Å². The normalized spacial score (nSPS) is 17.3. The van der Waals surface area contributed by atoms with Crippen molar-refractivity contribution in [2.24, 2.45) is 5.92 Å². The predicted molar refractivity (Wildman–Crippen MR) is 72.9 cm³/mol. The molecule has 1 heterocycles. The molecule has 0 saturated heterocycles. The lowest BCUT2D eigenvalue weighted by Gasteiger charge is -2.20. The Balaban J connectivity index is 2.10. The van der Waals surface area contributed by atoms with E-state index in [1.165, 1.54) is 32.1 Å². The zero-order chi connectivity index (χ0) is 13.0. The molecule has 3 heteroatoms. The van der Waals surface area contributed by atoms with E-state index in [9.17, 15) is 4.79 Å². The molecule has 0 N–H and O–H groups in total. The first-order valence-electron chi connectivity index (χ1n) is 7.23. The van der Waals surface area contributed by atoms with Crippen molar-refractivity contribution < 1.29 is 4.79 Å². The van der Waals surface area contributed by atoms with Crippen LogP contribution in [0.1, 0.15) is 74.3 Å². The van der Waals surface area contributed by atoms with E-state index in [-0.39, 0.29) is 0 Å². The zero-order valence-electron chi connectivity index (χ0n) is 11.6. The average molecular weight is 248 g/mol. The fourth-order valence-electron chi connectivity index (χ4n) is 2.74. The summed E-state index contributed by atoms with van der Waals surface area (Å²) < 4.78 is 1.97. The number of carbonyl (C=O) groups excluding carboxylic acids is 1. The van der Waals surface area contributed by atoms with E-state index >= 15 is 0 Å². The number of carbonyl (C=O) groups is 1. The molecule has 3 nitrogen and oxygen atoms in total. The summed E-state index contributed by atoms with van der Waals surface area (Å²) >= 11 is 0. The third kappa shape index (κ3) is 3.21. The minimum absolute atomic E-state index is 0.513. The van der Waals surface area contributed by atoms with E-state index in [1.807, 2.05) is 10.9 Å². The predicted octanol–water partition coefficient (Wildman–Crippen LogP) is 3.79. The van der Waals surface area contributed by atoms with Crippen molar-refractivity contribution >= 4 is 6.29 Å². The fourth-order valence-corrected chi connectivity index (χ4v) is 2.74. The Labute approximate surface area is 110 Å². The molecule has 1 aromatic heterocycles. The van der Waals surface area contributed by atoms with Gasteiger partial charge in [0.2, 0.25) is 0 Å². The summed E-state index contributed by atoms with van der Waals surface area (Å²) in [4.78, 5) is 11.2. The molecule has 0 spiro atoms. The van der Waals surface area contributed by atoms with E-state index in [2.05, 4.69) is 18.9 Å². The van der Waals surface area contributed by atoms with Crippen LogP contribution in [0.2, 0.25) is 0 Å². The molecule has 100 valence electrons. The first-order chi connectivity index (χ1) is 8.70. The molecular weight excluding hydrogens is 224 g/mol. The first-order valence-corrected chi connectivity index (χ1v) is 7.23. The molecule has 1 aliphatic carbocycles. The van der Waals surface area contributed by atoms with Gasteiger partial charge in [0.1, 0.15) is 0 Å². The Morgan fingerprint density at radius 1 is 1.39 bits per heavy atom. The molecule has 18 heavy (non-hydrogen) atoms. The Hall–Kier alpha value is -1.12.